The predicted molar refractivity (Wildman–Crippen MR) is 104 cm³/mol. The van der Waals surface area contributed by atoms with Gasteiger partial charge in [0, 0.05) is 16.8 Å². The maximum absolute atomic E-state index is 12.6. The second-order valence-electron chi connectivity index (χ2n) is 6.39. The maximum Gasteiger partial charge on any atom is 0.340 e. The third kappa shape index (κ3) is 4.06. The molecule has 0 aliphatic carbocycles. The molecule has 0 spiro atoms. The van der Waals surface area contributed by atoms with E-state index in [0.717, 1.165) is 0 Å². The fraction of sp³-hybridized carbons (Fsp3) is 0.190. The van der Waals surface area contributed by atoms with Crippen LogP contribution in [0.15, 0.2) is 42.5 Å². The lowest BCUT2D eigenvalue weighted by Gasteiger charge is -2.11. The highest BCUT2D eigenvalue weighted by molar-refractivity contribution is 6.07. The largest absolute Gasteiger partial charge is 0.508 e. The van der Waals surface area contributed by atoms with Gasteiger partial charge in [-0.3, -0.25) is 9.59 Å². The van der Waals surface area contributed by atoms with E-state index >= 15 is 0 Å². The number of rotatable bonds is 7. The second kappa shape index (κ2) is 8.05. The van der Waals surface area contributed by atoms with Gasteiger partial charge in [-0.1, -0.05) is 12.1 Å². The van der Waals surface area contributed by atoms with Gasteiger partial charge in [-0.2, -0.15) is 0 Å². The molecular weight excluding hydrogens is 378 g/mol. The molecule has 0 radical (unpaired) electrons. The molecule has 0 unspecified atom stereocenters. The van der Waals surface area contributed by atoms with Crippen LogP contribution >= 0.6 is 0 Å². The summed E-state index contributed by atoms with van der Waals surface area (Å²) < 4.78 is 6.73. The van der Waals surface area contributed by atoms with Crippen LogP contribution in [0.5, 0.6) is 5.75 Å². The van der Waals surface area contributed by atoms with Crippen LogP contribution in [0, 0.1) is 0 Å². The summed E-state index contributed by atoms with van der Waals surface area (Å²) in [6.07, 6.45) is -0.586. The Morgan fingerprint density at radius 3 is 2.21 bits per heavy atom. The fourth-order valence-corrected chi connectivity index (χ4v) is 3.31. The van der Waals surface area contributed by atoms with Gasteiger partial charge in [0.2, 0.25) is 0 Å². The van der Waals surface area contributed by atoms with Crippen molar-refractivity contribution >= 4 is 28.8 Å². The zero-order valence-electron chi connectivity index (χ0n) is 15.6. The smallest absolute Gasteiger partial charge is 0.340 e. The molecule has 0 aliphatic rings. The molecule has 0 amide bonds. The van der Waals surface area contributed by atoms with Gasteiger partial charge in [0.05, 0.1) is 30.5 Å². The SMILES string of the molecule is CCOC(=O)c1c(CC(=O)O)n(-c2ccc(CC(=O)O)cc2)c2ccc(O)cc12. The van der Waals surface area contributed by atoms with Crippen molar-refractivity contribution in [3.05, 3.63) is 59.3 Å². The number of phenolic OH excluding ortho intramolecular Hbond substituents is 1. The summed E-state index contributed by atoms with van der Waals surface area (Å²) in [5.41, 5.74) is 1.95. The van der Waals surface area contributed by atoms with Gasteiger partial charge in [-0.15, -0.1) is 0 Å². The Hall–Kier alpha value is -3.81. The number of carbonyl (C=O) groups excluding carboxylic acids is 1. The summed E-state index contributed by atoms with van der Waals surface area (Å²) in [6.45, 7) is 1.76. The standard InChI is InChI=1S/C21H19NO7/c1-2-29-21(28)20-15-10-14(23)7-8-16(15)22(17(20)11-19(26)27)13-5-3-12(4-6-13)9-18(24)25/h3-8,10,23H,2,9,11H2,1H3,(H,24,25)(H,26,27). The van der Waals surface area contributed by atoms with Gasteiger partial charge in [0.25, 0.3) is 0 Å². The van der Waals surface area contributed by atoms with Crippen LogP contribution in [0.25, 0.3) is 16.6 Å². The van der Waals surface area contributed by atoms with Crippen LogP contribution in [0.1, 0.15) is 28.5 Å². The van der Waals surface area contributed by atoms with Gasteiger partial charge < -0.3 is 24.6 Å². The van der Waals surface area contributed by atoms with E-state index in [9.17, 15) is 24.6 Å². The minimum Gasteiger partial charge on any atom is -0.508 e. The summed E-state index contributed by atoms with van der Waals surface area (Å²) >= 11 is 0. The second-order valence-corrected chi connectivity index (χ2v) is 6.39. The highest BCUT2D eigenvalue weighted by atomic mass is 16.5. The van der Waals surface area contributed by atoms with Gasteiger partial charge in [0.1, 0.15) is 5.75 Å². The van der Waals surface area contributed by atoms with Crippen LogP contribution < -0.4 is 0 Å². The van der Waals surface area contributed by atoms with Crippen molar-refractivity contribution in [2.75, 3.05) is 6.61 Å². The molecule has 8 heteroatoms. The van der Waals surface area contributed by atoms with E-state index < -0.39 is 24.3 Å². The number of ether oxygens (including phenoxy) is 1. The first kappa shape index (κ1) is 19.9. The lowest BCUT2D eigenvalue weighted by molar-refractivity contribution is -0.137. The number of carboxylic acids is 2. The number of aliphatic carboxylic acids is 2. The number of aromatic hydroxyl groups is 1. The summed E-state index contributed by atoms with van der Waals surface area (Å²) in [4.78, 5) is 35.0. The van der Waals surface area contributed by atoms with Crippen LogP contribution in [-0.2, 0) is 27.2 Å². The first-order valence-corrected chi connectivity index (χ1v) is 8.88. The van der Waals surface area contributed by atoms with Crippen molar-refractivity contribution < 1.29 is 34.4 Å². The zero-order valence-corrected chi connectivity index (χ0v) is 15.6. The molecule has 1 aromatic heterocycles. The number of aromatic nitrogens is 1. The van der Waals surface area contributed by atoms with Gasteiger partial charge in [0.15, 0.2) is 0 Å². The van der Waals surface area contributed by atoms with Crippen molar-refractivity contribution in [3.63, 3.8) is 0 Å². The Bertz CT molecular complexity index is 1100. The quantitative estimate of drug-likeness (QED) is 0.523. The number of carbonyl (C=O) groups is 3. The number of phenols is 1. The Balaban J connectivity index is 2.28. The first-order valence-electron chi connectivity index (χ1n) is 8.88. The van der Waals surface area contributed by atoms with E-state index in [1.807, 2.05) is 0 Å². The molecule has 0 aliphatic heterocycles. The first-order chi connectivity index (χ1) is 13.8. The van der Waals surface area contributed by atoms with Crippen molar-refractivity contribution in [2.45, 2.75) is 19.8 Å². The third-order valence-corrected chi connectivity index (χ3v) is 4.40. The molecule has 3 N–H and O–H groups in total. The number of nitrogens with zero attached hydrogens (tertiary/aromatic N) is 1. The normalized spacial score (nSPS) is 10.8. The van der Waals surface area contributed by atoms with E-state index in [2.05, 4.69) is 0 Å². The fourth-order valence-electron chi connectivity index (χ4n) is 3.31. The molecule has 29 heavy (non-hydrogen) atoms. The number of hydrogen-bond acceptors (Lipinski definition) is 5. The van der Waals surface area contributed by atoms with Crippen LogP contribution in [0.4, 0.5) is 0 Å². The topological polar surface area (TPSA) is 126 Å². The zero-order chi connectivity index (χ0) is 21.1. The number of hydrogen-bond donors (Lipinski definition) is 3. The monoisotopic (exact) mass is 397 g/mol. The lowest BCUT2D eigenvalue weighted by atomic mass is 10.1. The number of esters is 1. The Morgan fingerprint density at radius 1 is 0.966 bits per heavy atom. The number of carboxylic acid groups (broad SMARTS) is 2. The van der Waals surface area contributed by atoms with Crippen molar-refractivity contribution in [3.8, 4) is 11.4 Å². The Labute approximate surface area is 165 Å². The molecule has 3 aromatic rings. The molecule has 0 saturated heterocycles. The van der Waals surface area contributed by atoms with Crippen LogP contribution in [-0.4, -0.2) is 44.4 Å². The molecule has 3 rings (SSSR count). The molecule has 150 valence electrons. The van der Waals surface area contributed by atoms with Gasteiger partial charge in [-0.25, -0.2) is 4.79 Å². The van der Waals surface area contributed by atoms with E-state index in [-0.39, 0.29) is 30.0 Å². The average Bonchev–Trinajstić information content (AvgIpc) is 2.94. The molecule has 0 fully saturated rings. The third-order valence-electron chi connectivity index (χ3n) is 4.40. The molecule has 8 nitrogen and oxygen atoms in total. The van der Waals surface area contributed by atoms with Crippen molar-refractivity contribution in [1.29, 1.82) is 0 Å². The molecule has 2 aromatic carbocycles. The minimum atomic E-state index is -1.13. The Morgan fingerprint density at radius 2 is 1.62 bits per heavy atom. The van der Waals surface area contributed by atoms with Crippen LogP contribution in [0.3, 0.4) is 0 Å². The summed E-state index contributed by atoms with van der Waals surface area (Å²) in [5.74, 6) is -2.85. The molecule has 1 heterocycles. The number of fused-ring (bicyclic) bond motifs is 1. The summed E-state index contributed by atoms with van der Waals surface area (Å²) in [7, 11) is 0. The predicted octanol–water partition coefficient (Wildman–Crippen LogP) is 2.77. The maximum atomic E-state index is 12.6. The summed E-state index contributed by atoms with van der Waals surface area (Å²) in [6, 6.07) is 11.0. The van der Waals surface area contributed by atoms with E-state index in [0.29, 0.717) is 22.2 Å². The highest BCUT2D eigenvalue weighted by Gasteiger charge is 2.26. The molecule has 0 bridgehead atoms. The van der Waals surface area contributed by atoms with Crippen LogP contribution in [0.2, 0.25) is 0 Å². The van der Waals surface area contributed by atoms with E-state index in [1.165, 1.54) is 12.1 Å². The molecular formula is C21H19NO7. The van der Waals surface area contributed by atoms with E-state index in [4.69, 9.17) is 9.84 Å². The molecule has 0 saturated carbocycles. The van der Waals surface area contributed by atoms with Crippen molar-refractivity contribution in [2.24, 2.45) is 0 Å². The minimum absolute atomic E-state index is 0.0705. The average molecular weight is 397 g/mol. The van der Waals surface area contributed by atoms with E-state index in [1.54, 1.807) is 41.8 Å². The highest BCUT2D eigenvalue weighted by Crippen LogP contribution is 2.33. The van der Waals surface area contributed by atoms with Crippen molar-refractivity contribution in [1.82, 2.24) is 4.57 Å². The van der Waals surface area contributed by atoms with Gasteiger partial charge in [-0.05, 0) is 42.8 Å². The lowest BCUT2D eigenvalue weighted by Crippen LogP contribution is -2.13. The summed E-state index contributed by atoms with van der Waals surface area (Å²) in [5, 5.41) is 28.6. The molecule has 0 atom stereocenters. The Kier molecular flexibility index (Phi) is 5.54. The van der Waals surface area contributed by atoms with Gasteiger partial charge >= 0.3 is 17.9 Å². The number of benzene rings is 2.